The number of morpholine rings is 1. The molecule has 0 bridgehead atoms. The van der Waals surface area contributed by atoms with Gasteiger partial charge in [-0.3, -0.25) is 4.79 Å². The molecule has 6 nitrogen and oxygen atoms in total. The van der Waals surface area contributed by atoms with Crippen LogP contribution in [0.15, 0.2) is 47.4 Å². The van der Waals surface area contributed by atoms with E-state index in [9.17, 15) is 22.0 Å². The summed E-state index contributed by atoms with van der Waals surface area (Å²) in [7, 11) is -3.86. The van der Waals surface area contributed by atoms with Gasteiger partial charge in [0.05, 0.1) is 23.7 Å². The third kappa shape index (κ3) is 4.32. The maximum atomic E-state index is 14.1. The summed E-state index contributed by atoms with van der Waals surface area (Å²) >= 11 is 0. The molecule has 27 heavy (non-hydrogen) atoms. The molecule has 1 saturated heterocycles. The van der Waals surface area contributed by atoms with Gasteiger partial charge in [0.1, 0.15) is 11.6 Å². The zero-order chi connectivity index (χ0) is 19.4. The largest absolute Gasteiger partial charge is 0.379 e. The van der Waals surface area contributed by atoms with Crippen molar-refractivity contribution >= 4 is 15.9 Å². The van der Waals surface area contributed by atoms with E-state index in [2.05, 4.69) is 5.32 Å². The van der Waals surface area contributed by atoms with Gasteiger partial charge < -0.3 is 10.1 Å². The average molecular weight is 396 g/mol. The Bertz CT molecular complexity index is 944. The Morgan fingerprint density at radius 2 is 1.78 bits per heavy atom. The minimum absolute atomic E-state index is 0.147. The van der Waals surface area contributed by atoms with Crippen LogP contribution in [0.1, 0.15) is 15.9 Å². The number of halogens is 2. The van der Waals surface area contributed by atoms with Crippen LogP contribution in [0.2, 0.25) is 0 Å². The van der Waals surface area contributed by atoms with Crippen molar-refractivity contribution in [3.63, 3.8) is 0 Å². The first-order valence-corrected chi connectivity index (χ1v) is 9.72. The molecule has 1 N–H and O–H groups in total. The van der Waals surface area contributed by atoms with Crippen LogP contribution < -0.4 is 5.32 Å². The van der Waals surface area contributed by atoms with Crippen LogP contribution in [-0.4, -0.2) is 44.9 Å². The maximum absolute atomic E-state index is 14.1. The zero-order valence-electron chi connectivity index (χ0n) is 14.3. The molecule has 9 heteroatoms. The molecule has 0 aliphatic carbocycles. The number of hydrogen-bond acceptors (Lipinski definition) is 4. The lowest BCUT2D eigenvalue weighted by Gasteiger charge is -2.26. The molecular weight excluding hydrogens is 378 g/mol. The number of ether oxygens (including phenoxy) is 1. The predicted molar refractivity (Wildman–Crippen MR) is 93.5 cm³/mol. The highest BCUT2D eigenvalue weighted by Crippen LogP contribution is 2.20. The molecule has 2 aromatic rings. The molecule has 1 aliphatic rings. The van der Waals surface area contributed by atoms with Crippen molar-refractivity contribution in [3.8, 4) is 0 Å². The van der Waals surface area contributed by atoms with Gasteiger partial charge >= 0.3 is 0 Å². The molecule has 144 valence electrons. The lowest BCUT2D eigenvalue weighted by atomic mass is 10.1. The monoisotopic (exact) mass is 396 g/mol. The van der Waals surface area contributed by atoms with Crippen molar-refractivity contribution in [2.75, 3.05) is 26.3 Å². The average Bonchev–Trinajstić information content (AvgIpc) is 2.68. The smallest absolute Gasteiger partial charge is 0.254 e. The van der Waals surface area contributed by atoms with Crippen molar-refractivity contribution in [3.05, 3.63) is 65.2 Å². The molecule has 1 heterocycles. The third-order valence-corrected chi connectivity index (χ3v) is 6.08. The Hall–Kier alpha value is -2.36. The van der Waals surface area contributed by atoms with Crippen molar-refractivity contribution in [1.82, 2.24) is 9.62 Å². The lowest BCUT2D eigenvalue weighted by molar-refractivity contribution is 0.0730. The molecular formula is C18H18F2N2O4S. The predicted octanol–water partition coefficient (Wildman–Crippen LogP) is 1.92. The summed E-state index contributed by atoms with van der Waals surface area (Å²) in [6.07, 6.45) is 0. The Morgan fingerprint density at radius 1 is 1.07 bits per heavy atom. The van der Waals surface area contributed by atoms with Gasteiger partial charge in [-0.2, -0.15) is 4.31 Å². The van der Waals surface area contributed by atoms with Crippen LogP contribution in [0.4, 0.5) is 8.78 Å². The number of hydrogen-bond donors (Lipinski definition) is 1. The molecule has 0 aromatic heterocycles. The first-order valence-electron chi connectivity index (χ1n) is 8.28. The topological polar surface area (TPSA) is 75.7 Å². The second kappa shape index (κ2) is 8.12. The van der Waals surface area contributed by atoms with Gasteiger partial charge in [-0.15, -0.1) is 0 Å². The fraction of sp³-hybridized carbons (Fsp3) is 0.278. The SMILES string of the molecule is O=C(NCc1ccccc1F)c1cc(S(=O)(=O)N2CCOCC2)ccc1F. The standard InChI is InChI=1S/C18H18F2N2O4S/c19-16-4-2-1-3-13(16)12-21-18(23)15-11-14(5-6-17(15)20)27(24,25)22-7-9-26-10-8-22/h1-6,11H,7-10,12H2,(H,21,23). The van der Waals surface area contributed by atoms with E-state index in [0.717, 1.165) is 18.2 Å². The normalized spacial score (nSPS) is 15.5. The Balaban J connectivity index is 1.80. The van der Waals surface area contributed by atoms with Crippen LogP contribution >= 0.6 is 0 Å². The second-order valence-electron chi connectivity index (χ2n) is 5.93. The van der Waals surface area contributed by atoms with Crippen LogP contribution in [0.3, 0.4) is 0 Å². The summed E-state index contributed by atoms with van der Waals surface area (Å²) in [5, 5.41) is 2.41. The zero-order valence-corrected chi connectivity index (χ0v) is 15.1. The summed E-state index contributed by atoms with van der Waals surface area (Å²) in [4.78, 5) is 12.1. The molecule has 0 spiro atoms. The van der Waals surface area contributed by atoms with E-state index in [0.29, 0.717) is 0 Å². The number of sulfonamides is 1. The van der Waals surface area contributed by atoms with Gasteiger partial charge in [0.25, 0.3) is 5.91 Å². The fourth-order valence-electron chi connectivity index (χ4n) is 2.69. The maximum Gasteiger partial charge on any atom is 0.254 e. The van der Waals surface area contributed by atoms with Gasteiger partial charge in [-0.25, -0.2) is 17.2 Å². The molecule has 0 saturated carbocycles. The van der Waals surface area contributed by atoms with Crippen molar-refractivity contribution < 1.29 is 26.7 Å². The first-order chi connectivity index (χ1) is 12.9. The van der Waals surface area contributed by atoms with Crippen LogP contribution in [0, 0.1) is 11.6 Å². The van der Waals surface area contributed by atoms with E-state index in [1.807, 2.05) is 0 Å². The Kier molecular flexibility index (Phi) is 5.83. The minimum Gasteiger partial charge on any atom is -0.379 e. The molecule has 1 amide bonds. The summed E-state index contributed by atoms with van der Waals surface area (Å²) in [6, 6.07) is 8.92. The van der Waals surface area contributed by atoms with E-state index in [1.165, 1.54) is 22.5 Å². The number of carbonyl (C=O) groups is 1. The first kappa shape index (κ1) is 19.4. The molecule has 0 radical (unpaired) electrons. The number of nitrogens with zero attached hydrogens (tertiary/aromatic N) is 1. The lowest BCUT2D eigenvalue weighted by Crippen LogP contribution is -2.40. The minimum atomic E-state index is -3.86. The van der Waals surface area contributed by atoms with Crippen molar-refractivity contribution in [2.45, 2.75) is 11.4 Å². The fourth-order valence-corrected chi connectivity index (χ4v) is 4.12. The molecule has 0 unspecified atom stereocenters. The van der Waals surface area contributed by atoms with Crippen LogP contribution in [-0.2, 0) is 21.3 Å². The third-order valence-electron chi connectivity index (χ3n) is 4.19. The van der Waals surface area contributed by atoms with Gasteiger partial charge in [-0.1, -0.05) is 18.2 Å². The van der Waals surface area contributed by atoms with E-state index in [4.69, 9.17) is 4.74 Å². The summed E-state index contributed by atoms with van der Waals surface area (Å²) < 4.78 is 59.4. The van der Waals surface area contributed by atoms with Crippen molar-refractivity contribution in [1.29, 1.82) is 0 Å². The number of rotatable bonds is 5. The van der Waals surface area contributed by atoms with Gasteiger partial charge in [0, 0.05) is 25.2 Å². The van der Waals surface area contributed by atoms with Gasteiger partial charge in [0.2, 0.25) is 10.0 Å². The van der Waals surface area contributed by atoms with Crippen LogP contribution in [0.5, 0.6) is 0 Å². The molecule has 1 aliphatic heterocycles. The summed E-state index contributed by atoms with van der Waals surface area (Å²) in [5.41, 5.74) is -0.177. The highest BCUT2D eigenvalue weighted by atomic mass is 32.2. The number of amides is 1. The summed E-state index contributed by atoms with van der Waals surface area (Å²) in [6.45, 7) is 0.779. The molecule has 1 fully saturated rings. The Labute approximate surface area is 155 Å². The second-order valence-corrected chi connectivity index (χ2v) is 7.87. The van der Waals surface area contributed by atoms with E-state index in [1.54, 1.807) is 6.07 Å². The van der Waals surface area contributed by atoms with Crippen LogP contribution in [0.25, 0.3) is 0 Å². The molecule has 3 rings (SSSR count). The van der Waals surface area contributed by atoms with Crippen molar-refractivity contribution in [2.24, 2.45) is 0 Å². The van der Waals surface area contributed by atoms with E-state index in [-0.39, 0.29) is 43.3 Å². The number of carbonyl (C=O) groups excluding carboxylic acids is 1. The molecule has 0 atom stereocenters. The quantitative estimate of drug-likeness (QED) is 0.838. The highest BCUT2D eigenvalue weighted by molar-refractivity contribution is 7.89. The van der Waals surface area contributed by atoms with Gasteiger partial charge in [0.15, 0.2) is 0 Å². The van der Waals surface area contributed by atoms with Gasteiger partial charge in [-0.05, 0) is 24.3 Å². The number of benzene rings is 2. The number of nitrogens with one attached hydrogen (secondary N) is 1. The Morgan fingerprint density at radius 3 is 2.48 bits per heavy atom. The molecule has 2 aromatic carbocycles. The highest BCUT2D eigenvalue weighted by Gasteiger charge is 2.27. The van der Waals surface area contributed by atoms with E-state index >= 15 is 0 Å². The summed E-state index contributed by atoms with van der Waals surface area (Å²) in [5.74, 6) is -2.18. The van der Waals surface area contributed by atoms with E-state index < -0.39 is 33.1 Å².